The van der Waals surface area contributed by atoms with Crippen LogP contribution in [0.5, 0.6) is 0 Å². The molecule has 28 heavy (non-hydrogen) atoms. The molecule has 0 bridgehead atoms. The van der Waals surface area contributed by atoms with Crippen molar-refractivity contribution in [1.82, 2.24) is 9.71 Å². The molecule has 8 heteroatoms. The Bertz CT molecular complexity index is 950. The third kappa shape index (κ3) is 3.36. The number of benzene rings is 1. The predicted octanol–water partition coefficient (Wildman–Crippen LogP) is 3.58. The van der Waals surface area contributed by atoms with E-state index in [-0.39, 0.29) is 11.3 Å². The molecule has 0 fully saturated rings. The molecule has 0 saturated heterocycles. The van der Waals surface area contributed by atoms with Gasteiger partial charge in [0, 0.05) is 17.6 Å². The van der Waals surface area contributed by atoms with E-state index >= 15 is 0 Å². The summed E-state index contributed by atoms with van der Waals surface area (Å²) in [6.45, 7) is 3.21. The van der Waals surface area contributed by atoms with Crippen molar-refractivity contribution in [2.75, 3.05) is 5.32 Å². The van der Waals surface area contributed by atoms with Crippen molar-refractivity contribution in [2.24, 2.45) is 0 Å². The van der Waals surface area contributed by atoms with E-state index in [0.717, 1.165) is 84.0 Å². The van der Waals surface area contributed by atoms with Crippen molar-refractivity contribution in [3.05, 3.63) is 39.8 Å². The van der Waals surface area contributed by atoms with Gasteiger partial charge in [0.1, 0.15) is 5.60 Å². The minimum atomic E-state index is -1.13. The van der Waals surface area contributed by atoms with Crippen LogP contribution in [-0.2, 0) is 31.3 Å². The number of nitrogens with zero attached hydrogens (tertiary/aromatic N) is 2. The van der Waals surface area contributed by atoms with Gasteiger partial charge in [0.25, 0.3) is 5.22 Å². The lowest BCUT2D eigenvalue weighted by Gasteiger charge is -2.17. The van der Waals surface area contributed by atoms with Crippen LogP contribution in [0.4, 0.5) is 10.5 Å². The summed E-state index contributed by atoms with van der Waals surface area (Å²) in [6.07, 6.45) is 7.02. The van der Waals surface area contributed by atoms with Crippen molar-refractivity contribution in [2.45, 2.75) is 63.2 Å². The van der Waals surface area contributed by atoms with Gasteiger partial charge in [0.2, 0.25) is 0 Å². The van der Waals surface area contributed by atoms with Crippen molar-refractivity contribution in [3.63, 3.8) is 0 Å². The summed E-state index contributed by atoms with van der Waals surface area (Å²) in [7, 11) is 0. The molecule has 0 atom stereocenters. The quantitative estimate of drug-likeness (QED) is 0.679. The first-order valence-corrected chi connectivity index (χ1v) is 10.2. The largest absolute Gasteiger partial charge is 0.432 e. The van der Waals surface area contributed by atoms with E-state index in [1.165, 1.54) is 6.20 Å². The summed E-state index contributed by atoms with van der Waals surface area (Å²) in [4.78, 5) is 16.6. The molecule has 2 aliphatic carbocycles. The summed E-state index contributed by atoms with van der Waals surface area (Å²) in [6, 6.07) is 2.04. The molecule has 146 valence electrons. The van der Waals surface area contributed by atoms with E-state index in [0.29, 0.717) is 5.76 Å². The third-order valence-electron chi connectivity index (χ3n) is 5.31. The van der Waals surface area contributed by atoms with Gasteiger partial charge in [-0.25, -0.2) is 9.78 Å². The lowest BCUT2D eigenvalue weighted by molar-refractivity contribution is 0.0503. The molecule has 0 saturated carbocycles. The maximum absolute atomic E-state index is 12.5. The van der Waals surface area contributed by atoms with Gasteiger partial charge in [0.15, 0.2) is 5.76 Å². The predicted molar refractivity (Wildman–Crippen MR) is 105 cm³/mol. The molecule has 2 aromatic rings. The van der Waals surface area contributed by atoms with Gasteiger partial charge in [0.05, 0.1) is 17.8 Å². The second-order valence-corrected chi connectivity index (χ2v) is 8.45. The topological polar surface area (TPSA) is 111 Å². The average molecular weight is 398 g/mol. The number of aromatic nitrogens is 1. The fraction of sp³-hybridized carbons (Fsp3) is 0.450. The Hall–Kier alpha value is -2.50. The Balaban J connectivity index is 1.52. The smallest absolute Gasteiger partial charge is 0.329 e. The SMILES string of the molecule is CC(C)(O)c1cnc(SNC(=O)Nc2c3c(c(C#N)c4c2CCC4)CCC3)o1. The van der Waals surface area contributed by atoms with E-state index in [1.807, 2.05) is 0 Å². The van der Waals surface area contributed by atoms with Gasteiger partial charge in [-0.1, -0.05) is 0 Å². The van der Waals surface area contributed by atoms with Gasteiger partial charge in [-0.3, -0.25) is 4.72 Å². The Kier molecular flexibility index (Phi) is 4.81. The van der Waals surface area contributed by atoms with Crippen LogP contribution < -0.4 is 10.0 Å². The Morgan fingerprint density at radius 3 is 2.36 bits per heavy atom. The standard InChI is InChI=1S/C20H22N4O3S/c1-20(2,26)16-10-22-19(27-16)28-24-18(25)23-17-13-7-3-5-11(13)15(9-21)12-6-4-8-14(12)17/h10,26H,3-8H2,1-2H3,(H2,23,24,25). The number of oxazole rings is 1. The summed E-state index contributed by atoms with van der Waals surface area (Å²) in [5.41, 5.74) is 5.01. The zero-order valence-electron chi connectivity index (χ0n) is 15.9. The first-order chi connectivity index (χ1) is 13.4. The molecular formula is C20H22N4O3S. The van der Waals surface area contributed by atoms with E-state index in [4.69, 9.17) is 4.42 Å². The van der Waals surface area contributed by atoms with Crippen molar-refractivity contribution in [1.29, 1.82) is 5.26 Å². The molecule has 7 nitrogen and oxygen atoms in total. The molecule has 1 aromatic heterocycles. The fourth-order valence-corrected chi connectivity index (χ4v) is 4.53. The van der Waals surface area contributed by atoms with Crippen LogP contribution in [0.2, 0.25) is 0 Å². The van der Waals surface area contributed by atoms with Crippen LogP contribution in [0.25, 0.3) is 0 Å². The molecule has 2 amide bonds. The number of nitrogens with one attached hydrogen (secondary N) is 2. The number of nitriles is 1. The van der Waals surface area contributed by atoms with Gasteiger partial charge < -0.3 is 14.8 Å². The number of carbonyl (C=O) groups is 1. The Labute approximate surface area is 167 Å². The van der Waals surface area contributed by atoms with Crippen LogP contribution in [0.15, 0.2) is 15.8 Å². The number of urea groups is 1. The first-order valence-electron chi connectivity index (χ1n) is 9.40. The first kappa shape index (κ1) is 18.8. The maximum Gasteiger partial charge on any atom is 0.329 e. The second-order valence-electron chi connectivity index (χ2n) is 7.69. The zero-order chi connectivity index (χ0) is 19.9. The highest BCUT2D eigenvalue weighted by Gasteiger charge is 2.29. The minimum absolute atomic E-state index is 0.252. The Morgan fingerprint density at radius 1 is 1.21 bits per heavy atom. The van der Waals surface area contributed by atoms with Gasteiger partial charge in [-0.15, -0.1) is 0 Å². The summed E-state index contributed by atoms with van der Waals surface area (Å²) in [5, 5.41) is 22.8. The second kappa shape index (κ2) is 7.15. The molecule has 2 aliphatic rings. The monoisotopic (exact) mass is 398 g/mol. The average Bonchev–Trinajstić information content (AvgIpc) is 3.38. The van der Waals surface area contributed by atoms with Gasteiger partial charge >= 0.3 is 6.03 Å². The maximum atomic E-state index is 12.5. The number of aliphatic hydroxyl groups is 1. The molecule has 1 heterocycles. The highest BCUT2D eigenvalue weighted by atomic mass is 32.2. The molecule has 0 radical (unpaired) electrons. The van der Waals surface area contributed by atoms with Crippen LogP contribution in [0.3, 0.4) is 0 Å². The molecule has 1 aromatic carbocycles. The highest BCUT2D eigenvalue weighted by molar-refractivity contribution is 7.97. The van der Waals surface area contributed by atoms with Crippen molar-refractivity contribution in [3.8, 4) is 6.07 Å². The van der Waals surface area contributed by atoms with E-state index in [2.05, 4.69) is 21.1 Å². The van der Waals surface area contributed by atoms with Crippen LogP contribution in [0.1, 0.15) is 60.3 Å². The lowest BCUT2D eigenvalue weighted by Crippen LogP contribution is -2.24. The number of anilines is 1. The van der Waals surface area contributed by atoms with Crippen LogP contribution in [-0.4, -0.2) is 16.1 Å². The third-order valence-corrected chi connectivity index (χ3v) is 5.96. The normalized spacial score (nSPS) is 15.1. The number of hydrogen-bond acceptors (Lipinski definition) is 6. The number of rotatable bonds is 4. The molecule has 4 rings (SSSR count). The fourth-order valence-electron chi connectivity index (χ4n) is 4.06. The summed E-state index contributed by atoms with van der Waals surface area (Å²) < 4.78 is 8.14. The number of amides is 2. The van der Waals surface area contributed by atoms with Crippen LogP contribution >= 0.6 is 11.9 Å². The van der Waals surface area contributed by atoms with Gasteiger partial charge in [-0.05, 0) is 74.6 Å². The zero-order valence-corrected chi connectivity index (χ0v) is 16.7. The lowest BCUT2D eigenvalue weighted by atomic mass is 9.93. The van der Waals surface area contributed by atoms with E-state index in [9.17, 15) is 15.2 Å². The molecule has 0 spiro atoms. The Morgan fingerprint density at radius 2 is 1.82 bits per heavy atom. The minimum Gasteiger partial charge on any atom is -0.432 e. The number of carbonyl (C=O) groups excluding carboxylic acids is 1. The molecule has 0 aliphatic heterocycles. The van der Waals surface area contributed by atoms with Crippen molar-refractivity contribution < 1.29 is 14.3 Å². The molecular weight excluding hydrogens is 376 g/mol. The number of hydrogen-bond donors (Lipinski definition) is 3. The molecule has 0 unspecified atom stereocenters. The summed E-state index contributed by atoms with van der Waals surface area (Å²) in [5.74, 6) is 0.333. The number of fused-ring (bicyclic) bond motifs is 2. The van der Waals surface area contributed by atoms with E-state index < -0.39 is 5.60 Å². The summed E-state index contributed by atoms with van der Waals surface area (Å²) >= 11 is 0.956. The highest BCUT2D eigenvalue weighted by Crippen LogP contribution is 2.41. The van der Waals surface area contributed by atoms with Crippen LogP contribution in [0, 0.1) is 11.3 Å². The van der Waals surface area contributed by atoms with Gasteiger partial charge in [-0.2, -0.15) is 5.26 Å². The van der Waals surface area contributed by atoms with E-state index in [1.54, 1.807) is 13.8 Å². The molecule has 3 N–H and O–H groups in total. The van der Waals surface area contributed by atoms with Crippen molar-refractivity contribution >= 4 is 23.7 Å².